The first kappa shape index (κ1) is 15.5. The number of rotatable bonds is 6. The summed E-state index contributed by atoms with van der Waals surface area (Å²) < 4.78 is 1.85. The van der Waals surface area contributed by atoms with E-state index in [1.165, 1.54) is 0 Å². The third kappa shape index (κ3) is 2.77. The molecule has 1 aliphatic rings. The molecule has 1 unspecified atom stereocenters. The number of carbonyl (C=O) groups excluding carboxylic acids is 1. The number of ketones is 1. The Morgan fingerprint density at radius 1 is 1.50 bits per heavy atom. The summed E-state index contributed by atoms with van der Waals surface area (Å²) in [4.78, 5) is 12.8. The minimum absolute atomic E-state index is 0.258. The van der Waals surface area contributed by atoms with E-state index >= 15 is 0 Å². The van der Waals surface area contributed by atoms with Crippen molar-refractivity contribution in [1.29, 1.82) is 0 Å². The van der Waals surface area contributed by atoms with Crippen LogP contribution in [0.1, 0.15) is 50.9 Å². The summed E-state index contributed by atoms with van der Waals surface area (Å²) in [5, 5.41) is 8.47. The van der Waals surface area contributed by atoms with Crippen LogP contribution in [0.25, 0.3) is 0 Å². The van der Waals surface area contributed by atoms with Crippen molar-refractivity contribution in [2.45, 2.75) is 65.0 Å². The first-order valence-electron chi connectivity index (χ1n) is 7.54. The number of Topliss-reactive ketones (excluding diaryl/α,β-unsaturated/α-hetero) is 1. The van der Waals surface area contributed by atoms with Gasteiger partial charge in [0, 0.05) is 6.54 Å². The molecule has 2 heterocycles. The van der Waals surface area contributed by atoms with Crippen molar-refractivity contribution in [2.75, 3.05) is 6.54 Å². The number of hydrogen-bond acceptors (Lipinski definition) is 3. The van der Waals surface area contributed by atoms with Gasteiger partial charge in [0.1, 0.15) is 0 Å². The van der Waals surface area contributed by atoms with Gasteiger partial charge in [-0.3, -0.25) is 9.48 Å². The maximum absolute atomic E-state index is 12.8. The van der Waals surface area contributed by atoms with Crippen LogP contribution in [0.5, 0.6) is 0 Å². The van der Waals surface area contributed by atoms with Crippen molar-refractivity contribution < 1.29 is 4.79 Å². The zero-order valence-corrected chi connectivity index (χ0v) is 13.4. The highest BCUT2D eigenvalue weighted by Gasteiger charge is 2.40. The molecule has 1 aliphatic heterocycles. The summed E-state index contributed by atoms with van der Waals surface area (Å²) in [6.07, 6.45) is 4.31. The van der Waals surface area contributed by atoms with Crippen molar-refractivity contribution in [3.05, 3.63) is 16.4 Å². The molecule has 0 bridgehead atoms. The van der Waals surface area contributed by atoms with Crippen LogP contribution in [0.3, 0.4) is 0 Å². The van der Waals surface area contributed by atoms with E-state index in [0.717, 1.165) is 50.2 Å². The summed E-state index contributed by atoms with van der Waals surface area (Å²) in [7, 11) is 0. The Labute approximate surface area is 125 Å². The largest absolute Gasteiger partial charge is 0.305 e. The molecule has 1 saturated heterocycles. The van der Waals surface area contributed by atoms with E-state index in [2.05, 4.69) is 17.3 Å². The molecule has 0 amide bonds. The fourth-order valence-electron chi connectivity index (χ4n) is 3.18. The SMILES string of the molecule is CCCC1(C(=O)Cc2c(Cl)c(C)nn2CC)CCCN1. The van der Waals surface area contributed by atoms with E-state index < -0.39 is 0 Å². The lowest BCUT2D eigenvalue weighted by atomic mass is 9.85. The molecule has 0 radical (unpaired) electrons. The van der Waals surface area contributed by atoms with Crippen molar-refractivity contribution in [2.24, 2.45) is 0 Å². The maximum atomic E-state index is 12.8. The monoisotopic (exact) mass is 297 g/mol. The van der Waals surface area contributed by atoms with Crippen molar-refractivity contribution in [3.8, 4) is 0 Å². The van der Waals surface area contributed by atoms with E-state index in [1.54, 1.807) is 0 Å². The smallest absolute Gasteiger partial charge is 0.158 e. The van der Waals surface area contributed by atoms with Crippen molar-refractivity contribution in [1.82, 2.24) is 15.1 Å². The number of halogens is 1. The number of carbonyl (C=O) groups is 1. The lowest BCUT2D eigenvalue weighted by molar-refractivity contribution is -0.124. The second kappa shape index (κ2) is 6.27. The van der Waals surface area contributed by atoms with Crippen LogP contribution >= 0.6 is 11.6 Å². The molecule has 0 aliphatic carbocycles. The zero-order chi connectivity index (χ0) is 14.8. The average Bonchev–Trinajstić information content (AvgIpc) is 3.00. The van der Waals surface area contributed by atoms with E-state index in [9.17, 15) is 4.79 Å². The Bertz CT molecular complexity index is 490. The van der Waals surface area contributed by atoms with Crippen LogP contribution in [0.2, 0.25) is 5.02 Å². The molecule has 20 heavy (non-hydrogen) atoms. The van der Waals surface area contributed by atoms with E-state index in [0.29, 0.717) is 11.4 Å². The topological polar surface area (TPSA) is 46.9 Å². The van der Waals surface area contributed by atoms with E-state index in [-0.39, 0.29) is 11.3 Å². The van der Waals surface area contributed by atoms with E-state index in [4.69, 9.17) is 11.6 Å². The summed E-state index contributed by atoms with van der Waals surface area (Å²) in [5.74, 6) is 0.258. The summed E-state index contributed by atoms with van der Waals surface area (Å²) in [6, 6.07) is 0. The lowest BCUT2D eigenvalue weighted by Crippen LogP contribution is -2.48. The normalized spacial score (nSPS) is 22.4. The predicted molar refractivity (Wildman–Crippen MR) is 81.2 cm³/mol. The molecule has 0 aromatic carbocycles. The average molecular weight is 298 g/mol. The van der Waals surface area contributed by atoms with Crippen LogP contribution in [0, 0.1) is 6.92 Å². The second-order valence-electron chi connectivity index (χ2n) is 5.62. The van der Waals surface area contributed by atoms with Gasteiger partial charge in [-0.15, -0.1) is 0 Å². The van der Waals surface area contributed by atoms with Gasteiger partial charge in [-0.1, -0.05) is 24.9 Å². The van der Waals surface area contributed by atoms with Gasteiger partial charge in [0.25, 0.3) is 0 Å². The Balaban J connectivity index is 2.22. The van der Waals surface area contributed by atoms with Crippen molar-refractivity contribution in [3.63, 3.8) is 0 Å². The Morgan fingerprint density at radius 3 is 2.80 bits per heavy atom. The van der Waals surface area contributed by atoms with Gasteiger partial charge in [0.15, 0.2) is 5.78 Å². The fraction of sp³-hybridized carbons (Fsp3) is 0.733. The van der Waals surface area contributed by atoms with Gasteiger partial charge in [0.05, 0.1) is 28.4 Å². The predicted octanol–water partition coefficient (Wildman–Crippen LogP) is 2.90. The second-order valence-corrected chi connectivity index (χ2v) is 6.00. The summed E-state index contributed by atoms with van der Waals surface area (Å²) >= 11 is 6.31. The number of aryl methyl sites for hydroxylation is 2. The van der Waals surface area contributed by atoms with Gasteiger partial charge in [0.2, 0.25) is 0 Å². The fourth-order valence-corrected chi connectivity index (χ4v) is 3.39. The van der Waals surface area contributed by atoms with Crippen LogP contribution < -0.4 is 5.32 Å². The molecular weight excluding hydrogens is 274 g/mol. The highest BCUT2D eigenvalue weighted by atomic mass is 35.5. The molecule has 2 rings (SSSR count). The molecule has 1 fully saturated rings. The Kier molecular flexibility index (Phi) is 4.86. The van der Waals surface area contributed by atoms with Crippen LogP contribution in [-0.4, -0.2) is 27.6 Å². The standard InChI is InChI=1S/C15H24ClN3O/c1-4-7-15(8-6-9-17-15)13(20)10-12-14(16)11(3)18-19(12)5-2/h17H,4-10H2,1-3H3. The number of nitrogens with zero attached hydrogens (tertiary/aromatic N) is 2. The van der Waals surface area contributed by atoms with Crippen LogP contribution in [-0.2, 0) is 17.8 Å². The Morgan fingerprint density at radius 2 is 2.25 bits per heavy atom. The molecule has 1 N–H and O–H groups in total. The third-order valence-electron chi connectivity index (χ3n) is 4.24. The molecule has 112 valence electrons. The van der Waals surface area contributed by atoms with E-state index in [1.807, 2.05) is 18.5 Å². The molecule has 1 atom stereocenters. The molecular formula is C15H24ClN3O. The van der Waals surface area contributed by atoms with Crippen molar-refractivity contribution >= 4 is 17.4 Å². The third-order valence-corrected chi connectivity index (χ3v) is 4.73. The maximum Gasteiger partial charge on any atom is 0.158 e. The quantitative estimate of drug-likeness (QED) is 0.878. The van der Waals surface area contributed by atoms with Crippen LogP contribution in [0.4, 0.5) is 0 Å². The highest BCUT2D eigenvalue weighted by molar-refractivity contribution is 6.32. The highest BCUT2D eigenvalue weighted by Crippen LogP contribution is 2.29. The number of nitrogens with one attached hydrogen (secondary N) is 1. The van der Waals surface area contributed by atoms with Gasteiger partial charge >= 0.3 is 0 Å². The molecule has 5 heteroatoms. The van der Waals surface area contributed by atoms with Gasteiger partial charge in [-0.05, 0) is 39.7 Å². The number of hydrogen-bond donors (Lipinski definition) is 1. The summed E-state index contributed by atoms with van der Waals surface area (Å²) in [6.45, 7) is 7.71. The molecule has 4 nitrogen and oxygen atoms in total. The van der Waals surface area contributed by atoms with Gasteiger partial charge < -0.3 is 5.32 Å². The lowest BCUT2D eigenvalue weighted by Gasteiger charge is -2.27. The first-order chi connectivity index (χ1) is 9.54. The molecule has 1 aromatic rings. The number of aromatic nitrogens is 2. The molecule has 0 spiro atoms. The van der Waals surface area contributed by atoms with Gasteiger partial charge in [-0.25, -0.2) is 0 Å². The minimum atomic E-state index is -0.338. The molecule has 1 aromatic heterocycles. The molecule has 0 saturated carbocycles. The zero-order valence-electron chi connectivity index (χ0n) is 12.6. The van der Waals surface area contributed by atoms with Gasteiger partial charge in [-0.2, -0.15) is 5.10 Å². The summed E-state index contributed by atoms with van der Waals surface area (Å²) in [5.41, 5.74) is 1.33. The Hall–Kier alpha value is -0.870. The van der Waals surface area contributed by atoms with Crippen LogP contribution in [0.15, 0.2) is 0 Å². The first-order valence-corrected chi connectivity index (χ1v) is 7.92. The minimum Gasteiger partial charge on any atom is -0.305 e.